The number of para-hydroxylation sites is 1. The van der Waals surface area contributed by atoms with Crippen LogP contribution in [-0.2, 0) is 0 Å². The number of rotatable bonds is 3. The van der Waals surface area contributed by atoms with E-state index in [0.717, 1.165) is 31.3 Å². The summed E-state index contributed by atoms with van der Waals surface area (Å²) >= 11 is 0. The molecule has 0 bridgehead atoms. The minimum Gasteiger partial charge on any atom is -0.494 e. The minimum atomic E-state index is -0.420. The smallest absolute Gasteiger partial charge is 0.336 e. The second-order valence-electron chi connectivity index (χ2n) is 8.19. The number of benzene rings is 2. The molecular formula is C24H22N4O5. The number of piperidine rings is 1. The van der Waals surface area contributed by atoms with Gasteiger partial charge in [-0.3, -0.25) is 14.3 Å². The van der Waals surface area contributed by atoms with Crippen LogP contribution in [-0.4, -0.2) is 41.1 Å². The first-order valence-corrected chi connectivity index (χ1v) is 10.9. The molecule has 6 rings (SSSR count). The highest BCUT2D eigenvalue weighted by atomic mass is 16.7. The van der Waals surface area contributed by atoms with Crippen LogP contribution in [0.4, 0.5) is 0 Å². The lowest BCUT2D eigenvalue weighted by Crippen LogP contribution is -2.43. The Labute approximate surface area is 188 Å². The summed E-state index contributed by atoms with van der Waals surface area (Å²) in [6.07, 6.45) is 3.10. The van der Waals surface area contributed by atoms with Crippen molar-refractivity contribution in [1.29, 1.82) is 0 Å². The van der Waals surface area contributed by atoms with E-state index in [-0.39, 0.29) is 18.5 Å². The van der Waals surface area contributed by atoms with Gasteiger partial charge in [0.2, 0.25) is 6.79 Å². The van der Waals surface area contributed by atoms with Crippen molar-refractivity contribution in [1.82, 2.24) is 19.4 Å². The van der Waals surface area contributed by atoms with Crippen LogP contribution in [0.25, 0.3) is 27.5 Å². The van der Waals surface area contributed by atoms with Crippen molar-refractivity contribution in [3.63, 3.8) is 0 Å². The molecule has 4 aromatic rings. The highest BCUT2D eigenvalue weighted by Gasteiger charge is 2.25. The SMILES string of the molecule is COc1cccc2c1ncc1c(=O)n(-c3ccc4c(c3)OCO4)c(=O)n(C3CCNCC3)c12. The van der Waals surface area contributed by atoms with Gasteiger partial charge in [0.25, 0.3) is 5.56 Å². The molecule has 1 saturated heterocycles. The largest absolute Gasteiger partial charge is 0.494 e. The highest BCUT2D eigenvalue weighted by molar-refractivity contribution is 6.05. The molecule has 9 heteroatoms. The first kappa shape index (κ1) is 19.8. The van der Waals surface area contributed by atoms with Crippen LogP contribution < -0.4 is 30.8 Å². The maximum Gasteiger partial charge on any atom is 0.336 e. The molecule has 33 heavy (non-hydrogen) atoms. The molecule has 0 spiro atoms. The lowest BCUT2D eigenvalue weighted by Gasteiger charge is -2.27. The Bertz CT molecular complexity index is 1520. The summed E-state index contributed by atoms with van der Waals surface area (Å²) in [6.45, 7) is 1.71. The van der Waals surface area contributed by atoms with Gasteiger partial charge in [0, 0.05) is 23.7 Å². The Hall–Kier alpha value is -3.85. The van der Waals surface area contributed by atoms with Gasteiger partial charge in [0.05, 0.1) is 23.7 Å². The van der Waals surface area contributed by atoms with Crippen molar-refractivity contribution in [2.45, 2.75) is 18.9 Å². The van der Waals surface area contributed by atoms with E-state index in [0.29, 0.717) is 39.4 Å². The van der Waals surface area contributed by atoms with E-state index in [4.69, 9.17) is 14.2 Å². The lowest BCUT2D eigenvalue weighted by molar-refractivity contribution is 0.174. The Morgan fingerprint density at radius 1 is 1.06 bits per heavy atom. The molecule has 2 aliphatic rings. The van der Waals surface area contributed by atoms with Gasteiger partial charge in [-0.25, -0.2) is 9.36 Å². The van der Waals surface area contributed by atoms with E-state index in [1.165, 1.54) is 4.57 Å². The van der Waals surface area contributed by atoms with E-state index in [2.05, 4.69) is 10.3 Å². The molecule has 0 amide bonds. The molecular weight excluding hydrogens is 424 g/mol. The molecule has 1 fully saturated rings. The van der Waals surface area contributed by atoms with Crippen LogP contribution in [0, 0.1) is 0 Å². The highest BCUT2D eigenvalue weighted by Crippen LogP contribution is 2.34. The van der Waals surface area contributed by atoms with Crippen LogP contribution in [0.1, 0.15) is 18.9 Å². The lowest BCUT2D eigenvalue weighted by atomic mass is 10.0. The van der Waals surface area contributed by atoms with Gasteiger partial charge < -0.3 is 19.5 Å². The third-order valence-electron chi connectivity index (χ3n) is 6.41. The first-order valence-electron chi connectivity index (χ1n) is 10.9. The van der Waals surface area contributed by atoms with Gasteiger partial charge in [-0.1, -0.05) is 12.1 Å². The summed E-state index contributed by atoms with van der Waals surface area (Å²) in [5, 5.41) is 4.45. The van der Waals surface area contributed by atoms with E-state index in [1.54, 1.807) is 36.1 Å². The number of fused-ring (bicyclic) bond motifs is 4. The van der Waals surface area contributed by atoms with Crippen molar-refractivity contribution in [3.05, 3.63) is 63.4 Å². The minimum absolute atomic E-state index is 0.0566. The zero-order chi connectivity index (χ0) is 22.5. The number of aromatic nitrogens is 3. The molecule has 2 aliphatic heterocycles. The molecule has 4 heterocycles. The number of ether oxygens (including phenoxy) is 3. The van der Waals surface area contributed by atoms with E-state index < -0.39 is 5.56 Å². The molecule has 9 nitrogen and oxygen atoms in total. The first-order chi connectivity index (χ1) is 16.2. The molecule has 0 radical (unpaired) electrons. The number of pyridine rings is 1. The maximum atomic E-state index is 14.0. The molecule has 0 aliphatic carbocycles. The quantitative estimate of drug-likeness (QED) is 0.483. The second-order valence-corrected chi connectivity index (χ2v) is 8.19. The molecule has 0 unspecified atom stereocenters. The van der Waals surface area contributed by atoms with Crippen molar-refractivity contribution < 1.29 is 14.2 Å². The van der Waals surface area contributed by atoms with Crippen molar-refractivity contribution in [3.8, 4) is 22.9 Å². The number of nitrogens with zero attached hydrogens (tertiary/aromatic N) is 3. The molecule has 1 N–H and O–H groups in total. The zero-order valence-corrected chi connectivity index (χ0v) is 18.0. The van der Waals surface area contributed by atoms with Crippen LogP contribution >= 0.6 is 0 Å². The zero-order valence-electron chi connectivity index (χ0n) is 18.0. The average molecular weight is 446 g/mol. The van der Waals surface area contributed by atoms with Crippen LogP contribution in [0.15, 0.2) is 52.2 Å². The van der Waals surface area contributed by atoms with E-state index in [1.807, 2.05) is 18.2 Å². The summed E-state index contributed by atoms with van der Waals surface area (Å²) in [5.41, 5.74) is 0.849. The van der Waals surface area contributed by atoms with Crippen molar-refractivity contribution >= 4 is 21.8 Å². The fraction of sp³-hybridized carbons (Fsp3) is 0.292. The molecule has 2 aromatic carbocycles. The summed E-state index contributed by atoms with van der Waals surface area (Å²) in [4.78, 5) is 32.2. The molecule has 168 valence electrons. The Kier molecular flexibility index (Phi) is 4.58. The van der Waals surface area contributed by atoms with Gasteiger partial charge in [-0.15, -0.1) is 0 Å². The maximum absolute atomic E-state index is 14.0. The van der Waals surface area contributed by atoms with Crippen LogP contribution in [0.3, 0.4) is 0 Å². The van der Waals surface area contributed by atoms with Crippen LogP contribution in [0.5, 0.6) is 17.2 Å². The summed E-state index contributed by atoms with van der Waals surface area (Å²) < 4.78 is 19.3. The Morgan fingerprint density at radius 2 is 1.88 bits per heavy atom. The third-order valence-corrected chi connectivity index (χ3v) is 6.41. The fourth-order valence-electron chi connectivity index (χ4n) is 4.83. The number of nitrogens with one attached hydrogen (secondary N) is 1. The predicted molar refractivity (Wildman–Crippen MR) is 123 cm³/mol. The monoisotopic (exact) mass is 446 g/mol. The molecule has 0 saturated carbocycles. The van der Waals surface area contributed by atoms with Gasteiger partial charge in [0.1, 0.15) is 11.3 Å². The number of methoxy groups -OCH3 is 1. The summed E-state index contributed by atoms with van der Waals surface area (Å²) in [5.74, 6) is 1.69. The van der Waals surface area contributed by atoms with Gasteiger partial charge in [0.15, 0.2) is 11.5 Å². The predicted octanol–water partition coefficient (Wildman–Crippen LogP) is 2.36. The van der Waals surface area contributed by atoms with Gasteiger partial charge in [-0.05, 0) is 44.1 Å². The fourth-order valence-corrected chi connectivity index (χ4v) is 4.83. The summed E-state index contributed by atoms with van der Waals surface area (Å²) in [7, 11) is 1.58. The van der Waals surface area contributed by atoms with Crippen molar-refractivity contribution in [2.24, 2.45) is 0 Å². The van der Waals surface area contributed by atoms with Crippen LogP contribution in [0.2, 0.25) is 0 Å². The molecule has 0 atom stereocenters. The second kappa shape index (κ2) is 7.63. The Morgan fingerprint density at radius 3 is 2.70 bits per heavy atom. The van der Waals surface area contributed by atoms with Gasteiger partial charge >= 0.3 is 5.69 Å². The van der Waals surface area contributed by atoms with Crippen molar-refractivity contribution in [2.75, 3.05) is 27.0 Å². The summed E-state index contributed by atoms with van der Waals surface area (Å²) in [6, 6.07) is 10.6. The number of hydrogen-bond donors (Lipinski definition) is 1. The standard InChI is InChI=1S/C24H22N4O5/c1-31-19-4-2-3-16-21(19)26-12-17-22(16)27(14-7-9-25-10-8-14)24(30)28(23(17)29)15-5-6-18-20(11-15)33-13-32-18/h2-6,11-12,14,25H,7-10,13H2,1H3. The van der Waals surface area contributed by atoms with E-state index >= 15 is 0 Å². The third kappa shape index (κ3) is 3.00. The molecule has 2 aromatic heterocycles. The van der Waals surface area contributed by atoms with Gasteiger partial charge in [-0.2, -0.15) is 0 Å². The number of hydrogen-bond acceptors (Lipinski definition) is 7. The Balaban J connectivity index is 1.73. The normalized spacial score (nSPS) is 15.9. The van der Waals surface area contributed by atoms with E-state index in [9.17, 15) is 9.59 Å². The average Bonchev–Trinajstić information content (AvgIpc) is 3.32. The topological polar surface area (TPSA) is 96.6 Å².